The van der Waals surface area contributed by atoms with E-state index < -0.39 is 0 Å². The lowest BCUT2D eigenvalue weighted by molar-refractivity contribution is -0.0395. The molecule has 0 aromatic carbocycles. The maximum absolute atomic E-state index is 6.33. The minimum absolute atomic E-state index is 0.444. The third-order valence-electron chi connectivity index (χ3n) is 4.92. The fourth-order valence-corrected chi connectivity index (χ4v) is 4.43. The van der Waals surface area contributed by atoms with E-state index in [9.17, 15) is 0 Å². The molecule has 0 radical (unpaired) electrons. The molecule has 0 atom stereocenters. The second-order valence-corrected chi connectivity index (χ2v) is 7.31. The minimum Gasteiger partial charge on any atom is -0.375 e. The van der Waals surface area contributed by atoms with Gasteiger partial charge in [0.2, 0.25) is 0 Å². The summed E-state index contributed by atoms with van der Waals surface area (Å²) in [5, 5.41) is 3.29. The number of hydrogen-bond acceptors (Lipinski definition) is 5. The Hall–Kier alpha value is -1.20. The van der Waals surface area contributed by atoms with Gasteiger partial charge in [0.25, 0.3) is 0 Å². The highest BCUT2D eigenvalue weighted by molar-refractivity contribution is 7.16. The molecule has 3 heterocycles. The summed E-state index contributed by atoms with van der Waals surface area (Å²) in [4.78, 5) is 12.4. The molecule has 0 unspecified atom stereocenters. The van der Waals surface area contributed by atoms with Gasteiger partial charge in [-0.05, 0) is 37.1 Å². The van der Waals surface area contributed by atoms with Crippen molar-refractivity contribution in [1.82, 2.24) is 9.97 Å². The Balaban J connectivity index is 1.38. The molecule has 0 amide bonds. The summed E-state index contributed by atoms with van der Waals surface area (Å²) in [7, 11) is 0. The number of thiophene rings is 1. The van der Waals surface area contributed by atoms with Crippen LogP contribution in [0.2, 0.25) is 0 Å². The van der Waals surface area contributed by atoms with Gasteiger partial charge in [-0.1, -0.05) is 19.3 Å². The first kappa shape index (κ1) is 14.4. The van der Waals surface area contributed by atoms with E-state index in [4.69, 9.17) is 4.74 Å². The molecule has 5 heteroatoms. The second kappa shape index (κ2) is 6.50. The first-order valence-electron chi connectivity index (χ1n) is 8.49. The van der Waals surface area contributed by atoms with Gasteiger partial charge in [-0.15, -0.1) is 11.3 Å². The summed E-state index contributed by atoms with van der Waals surface area (Å²) in [5.74, 6) is 1.10. The van der Waals surface area contributed by atoms with Crippen molar-refractivity contribution in [2.75, 3.05) is 18.0 Å². The first-order valence-corrected chi connectivity index (χ1v) is 9.37. The minimum atomic E-state index is 0.444. The number of ether oxygens (including phenoxy) is 1. The van der Waals surface area contributed by atoms with Crippen LogP contribution in [-0.4, -0.2) is 35.3 Å². The number of piperidine rings is 1. The van der Waals surface area contributed by atoms with Crippen molar-refractivity contribution >= 4 is 27.4 Å². The molecule has 1 saturated heterocycles. The molecule has 2 aromatic heterocycles. The predicted molar refractivity (Wildman–Crippen MR) is 90.6 cm³/mol. The Morgan fingerprint density at radius 2 is 1.77 bits per heavy atom. The third-order valence-corrected chi connectivity index (χ3v) is 5.74. The van der Waals surface area contributed by atoms with Crippen LogP contribution in [0, 0.1) is 0 Å². The van der Waals surface area contributed by atoms with Gasteiger partial charge in [0.1, 0.15) is 17.0 Å². The van der Waals surface area contributed by atoms with Crippen molar-refractivity contribution < 1.29 is 4.74 Å². The zero-order valence-electron chi connectivity index (χ0n) is 12.9. The second-order valence-electron chi connectivity index (χ2n) is 6.42. The van der Waals surface area contributed by atoms with E-state index in [-0.39, 0.29) is 0 Å². The molecule has 0 spiro atoms. The molecule has 2 aromatic rings. The summed E-state index contributed by atoms with van der Waals surface area (Å²) >= 11 is 1.69. The van der Waals surface area contributed by atoms with Gasteiger partial charge in [-0.25, -0.2) is 9.97 Å². The van der Waals surface area contributed by atoms with Crippen LogP contribution in [0.15, 0.2) is 17.8 Å². The number of anilines is 1. The zero-order valence-corrected chi connectivity index (χ0v) is 13.7. The molecule has 1 aliphatic carbocycles. The Bertz CT molecular complexity index is 615. The van der Waals surface area contributed by atoms with Gasteiger partial charge < -0.3 is 9.64 Å². The zero-order chi connectivity index (χ0) is 14.8. The van der Waals surface area contributed by atoms with Crippen molar-refractivity contribution in [3.05, 3.63) is 17.8 Å². The molecule has 0 bridgehead atoms. The normalized spacial score (nSPS) is 21.5. The lowest BCUT2D eigenvalue weighted by Crippen LogP contribution is -2.39. The van der Waals surface area contributed by atoms with Gasteiger partial charge in [-0.2, -0.15) is 0 Å². The van der Waals surface area contributed by atoms with E-state index in [1.807, 2.05) is 0 Å². The highest BCUT2D eigenvalue weighted by Gasteiger charge is 2.25. The Morgan fingerprint density at radius 1 is 1.00 bits per heavy atom. The number of aromatic nitrogens is 2. The molecule has 118 valence electrons. The van der Waals surface area contributed by atoms with Crippen molar-refractivity contribution in [2.45, 2.75) is 57.2 Å². The van der Waals surface area contributed by atoms with E-state index in [0.29, 0.717) is 12.2 Å². The average molecular weight is 317 g/mol. The largest absolute Gasteiger partial charge is 0.375 e. The van der Waals surface area contributed by atoms with Crippen LogP contribution in [0.5, 0.6) is 0 Å². The fraction of sp³-hybridized carbons (Fsp3) is 0.647. The van der Waals surface area contributed by atoms with Crippen LogP contribution in [0.3, 0.4) is 0 Å². The molecule has 4 rings (SSSR count). The molecular formula is C17H23N3OS. The third kappa shape index (κ3) is 2.97. The summed E-state index contributed by atoms with van der Waals surface area (Å²) in [6.07, 6.45) is 11.5. The maximum atomic E-state index is 6.33. The standard InChI is InChI=1S/C17H23N3OS/c1-2-4-13(5-3-1)21-14-6-9-20(10-7-14)16-15-8-11-22-17(15)19-12-18-16/h8,11-14H,1-7,9-10H2. The summed E-state index contributed by atoms with van der Waals surface area (Å²) in [6.45, 7) is 2.08. The lowest BCUT2D eigenvalue weighted by atomic mass is 9.97. The average Bonchev–Trinajstić information content (AvgIpc) is 3.05. The molecule has 2 fully saturated rings. The number of nitrogens with zero attached hydrogens (tertiary/aromatic N) is 3. The van der Waals surface area contributed by atoms with Crippen molar-refractivity contribution in [3.8, 4) is 0 Å². The van der Waals surface area contributed by atoms with Gasteiger partial charge in [0.05, 0.1) is 17.6 Å². The van der Waals surface area contributed by atoms with Gasteiger partial charge in [-0.3, -0.25) is 0 Å². The number of hydrogen-bond donors (Lipinski definition) is 0. The Kier molecular flexibility index (Phi) is 4.26. The highest BCUT2D eigenvalue weighted by Crippen LogP contribution is 2.30. The topological polar surface area (TPSA) is 38.2 Å². The van der Waals surface area contributed by atoms with Crippen LogP contribution in [0.25, 0.3) is 10.2 Å². The van der Waals surface area contributed by atoms with E-state index in [0.717, 1.165) is 36.6 Å². The van der Waals surface area contributed by atoms with Crippen LogP contribution in [-0.2, 0) is 4.74 Å². The van der Waals surface area contributed by atoms with Crippen molar-refractivity contribution in [2.24, 2.45) is 0 Å². The summed E-state index contributed by atoms with van der Waals surface area (Å²) < 4.78 is 6.33. The van der Waals surface area contributed by atoms with Crippen molar-refractivity contribution in [1.29, 1.82) is 0 Å². The highest BCUT2D eigenvalue weighted by atomic mass is 32.1. The van der Waals surface area contributed by atoms with E-state index in [2.05, 4.69) is 26.3 Å². The maximum Gasteiger partial charge on any atom is 0.140 e. The van der Waals surface area contributed by atoms with Crippen LogP contribution in [0.4, 0.5) is 5.82 Å². The molecular weight excluding hydrogens is 294 g/mol. The lowest BCUT2D eigenvalue weighted by Gasteiger charge is -2.35. The monoisotopic (exact) mass is 317 g/mol. The number of rotatable bonds is 3. The summed E-state index contributed by atoms with van der Waals surface area (Å²) in [6, 6.07) is 2.14. The smallest absolute Gasteiger partial charge is 0.140 e. The predicted octanol–water partition coefficient (Wildman–Crippen LogP) is 4.01. The molecule has 22 heavy (non-hydrogen) atoms. The van der Waals surface area contributed by atoms with Gasteiger partial charge >= 0.3 is 0 Å². The van der Waals surface area contributed by atoms with E-state index in [1.165, 1.54) is 37.5 Å². The molecule has 4 nitrogen and oxygen atoms in total. The molecule has 1 aliphatic heterocycles. The van der Waals surface area contributed by atoms with E-state index in [1.54, 1.807) is 17.7 Å². The quantitative estimate of drug-likeness (QED) is 0.857. The fourth-order valence-electron chi connectivity index (χ4n) is 3.71. The Labute approximate surface area is 135 Å². The van der Waals surface area contributed by atoms with Crippen LogP contribution >= 0.6 is 11.3 Å². The van der Waals surface area contributed by atoms with Gasteiger partial charge in [0, 0.05) is 13.1 Å². The van der Waals surface area contributed by atoms with Crippen LogP contribution < -0.4 is 4.90 Å². The number of fused-ring (bicyclic) bond motifs is 1. The Morgan fingerprint density at radius 3 is 2.59 bits per heavy atom. The first-order chi connectivity index (χ1) is 10.9. The summed E-state index contributed by atoms with van der Waals surface area (Å²) in [5.41, 5.74) is 0. The molecule has 0 N–H and O–H groups in total. The molecule has 2 aliphatic rings. The molecule has 1 saturated carbocycles. The van der Waals surface area contributed by atoms with Crippen molar-refractivity contribution in [3.63, 3.8) is 0 Å². The SMILES string of the molecule is c1nc(N2CCC(OC3CCCCC3)CC2)c2ccsc2n1. The van der Waals surface area contributed by atoms with E-state index >= 15 is 0 Å². The van der Waals surface area contributed by atoms with Gasteiger partial charge in [0.15, 0.2) is 0 Å². The van der Waals surface area contributed by atoms with Crippen LogP contribution in [0.1, 0.15) is 44.9 Å².